The summed E-state index contributed by atoms with van der Waals surface area (Å²) in [6, 6.07) is 11.2. The average molecular weight is 540 g/mol. The molecule has 0 aliphatic carbocycles. The molecule has 2 heterocycles. The molecule has 31 heavy (non-hydrogen) atoms. The van der Waals surface area contributed by atoms with Crippen LogP contribution in [0.15, 0.2) is 39.8 Å². The average Bonchev–Trinajstić information content (AvgIpc) is 3.23. The minimum atomic E-state index is 0. The third-order valence-electron chi connectivity index (χ3n) is 6.22. The Kier molecular flexibility index (Phi) is 10.8. The monoisotopic (exact) mass is 539 g/mol. The van der Waals surface area contributed by atoms with Crippen molar-refractivity contribution in [3.63, 3.8) is 0 Å². The van der Waals surface area contributed by atoms with Gasteiger partial charge in [-0.25, -0.2) is 0 Å². The molecule has 0 atom stereocenters. The molecular formula is C24H38IN5O. The van der Waals surface area contributed by atoms with Gasteiger partial charge < -0.3 is 15.2 Å². The van der Waals surface area contributed by atoms with Crippen molar-refractivity contribution in [2.45, 2.75) is 71.5 Å². The van der Waals surface area contributed by atoms with E-state index in [0.29, 0.717) is 18.5 Å². The molecule has 1 aliphatic heterocycles. The van der Waals surface area contributed by atoms with Gasteiger partial charge in [-0.2, -0.15) is 0 Å². The zero-order chi connectivity index (χ0) is 21.3. The first-order valence-corrected chi connectivity index (χ1v) is 11.3. The molecule has 6 nitrogen and oxygen atoms in total. The fourth-order valence-corrected chi connectivity index (χ4v) is 4.13. The van der Waals surface area contributed by atoms with Gasteiger partial charge in [0.15, 0.2) is 11.7 Å². The lowest BCUT2D eigenvalue weighted by molar-refractivity contribution is 0.198. The highest BCUT2D eigenvalue weighted by atomic mass is 127. The Morgan fingerprint density at radius 3 is 2.58 bits per heavy atom. The van der Waals surface area contributed by atoms with Gasteiger partial charge in [-0.05, 0) is 43.7 Å². The van der Waals surface area contributed by atoms with E-state index >= 15 is 0 Å². The summed E-state index contributed by atoms with van der Waals surface area (Å²) in [5.74, 6) is 2.16. The zero-order valence-corrected chi connectivity index (χ0v) is 21.7. The van der Waals surface area contributed by atoms with Gasteiger partial charge in [0.25, 0.3) is 0 Å². The Morgan fingerprint density at radius 1 is 1.23 bits per heavy atom. The van der Waals surface area contributed by atoms with Gasteiger partial charge in [0, 0.05) is 44.7 Å². The van der Waals surface area contributed by atoms with E-state index in [0.717, 1.165) is 62.7 Å². The van der Waals surface area contributed by atoms with Crippen LogP contribution in [0.4, 0.5) is 0 Å². The van der Waals surface area contributed by atoms with Crippen LogP contribution in [0.1, 0.15) is 68.0 Å². The number of benzene rings is 1. The summed E-state index contributed by atoms with van der Waals surface area (Å²) in [5, 5.41) is 11.2. The van der Waals surface area contributed by atoms with Crippen LogP contribution in [0.5, 0.6) is 0 Å². The van der Waals surface area contributed by atoms with Crippen LogP contribution >= 0.6 is 24.0 Å². The second-order valence-corrected chi connectivity index (χ2v) is 8.28. The summed E-state index contributed by atoms with van der Waals surface area (Å²) >= 11 is 0. The van der Waals surface area contributed by atoms with E-state index in [-0.39, 0.29) is 24.0 Å². The van der Waals surface area contributed by atoms with Gasteiger partial charge in [-0.3, -0.25) is 9.89 Å². The lowest BCUT2D eigenvalue weighted by Gasteiger charge is -2.33. The van der Waals surface area contributed by atoms with Crippen LogP contribution in [0.25, 0.3) is 0 Å². The summed E-state index contributed by atoms with van der Waals surface area (Å²) < 4.78 is 5.51. The second-order valence-electron chi connectivity index (χ2n) is 8.28. The van der Waals surface area contributed by atoms with Crippen molar-refractivity contribution in [1.29, 1.82) is 0 Å². The van der Waals surface area contributed by atoms with E-state index in [1.165, 1.54) is 11.1 Å². The largest absolute Gasteiger partial charge is 0.359 e. The van der Waals surface area contributed by atoms with Gasteiger partial charge in [0.05, 0.1) is 12.2 Å². The van der Waals surface area contributed by atoms with Crippen molar-refractivity contribution in [3.05, 3.63) is 52.9 Å². The topological polar surface area (TPSA) is 65.7 Å². The maximum atomic E-state index is 5.51. The van der Waals surface area contributed by atoms with Gasteiger partial charge in [-0.1, -0.05) is 43.3 Å². The van der Waals surface area contributed by atoms with E-state index in [1.54, 1.807) is 0 Å². The Labute approximate surface area is 204 Å². The van der Waals surface area contributed by atoms with Crippen molar-refractivity contribution in [2.75, 3.05) is 20.1 Å². The standard InChI is InChI=1S/C24H37N5O.HI/c1-5-19(6-2)23-15-22(30-28-23)16-26-24(25-4)27-21-11-13-29(14-12-21)17-20-10-8-7-9-18(20)3;/h7-10,15,19,21H,5-6,11-14,16-17H2,1-4H3,(H2,25,26,27);1H. The number of hydrogen-bond donors (Lipinski definition) is 2. The summed E-state index contributed by atoms with van der Waals surface area (Å²) in [6.45, 7) is 10.4. The molecule has 1 aromatic heterocycles. The number of aryl methyl sites for hydroxylation is 1. The molecule has 2 aromatic rings. The quantitative estimate of drug-likeness (QED) is 0.286. The minimum absolute atomic E-state index is 0. The molecule has 0 bridgehead atoms. The van der Waals surface area contributed by atoms with Crippen LogP contribution in [0, 0.1) is 6.92 Å². The highest BCUT2D eigenvalue weighted by molar-refractivity contribution is 14.0. The first kappa shape index (κ1) is 25.6. The number of guanidine groups is 1. The third kappa shape index (κ3) is 7.49. The smallest absolute Gasteiger partial charge is 0.191 e. The lowest BCUT2D eigenvalue weighted by Crippen LogP contribution is -2.48. The fraction of sp³-hybridized carbons (Fsp3) is 0.583. The molecule has 0 spiro atoms. The third-order valence-corrected chi connectivity index (χ3v) is 6.22. The maximum absolute atomic E-state index is 5.51. The number of likely N-dealkylation sites (tertiary alicyclic amines) is 1. The van der Waals surface area contributed by atoms with E-state index in [4.69, 9.17) is 4.52 Å². The molecule has 0 radical (unpaired) electrons. The van der Waals surface area contributed by atoms with Crippen molar-refractivity contribution < 1.29 is 4.52 Å². The summed E-state index contributed by atoms with van der Waals surface area (Å²) in [6.07, 6.45) is 4.41. The predicted molar refractivity (Wildman–Crippen MR) is 138 cm³/mol. The lowest BCUT2D eigenvalue weighted by atomic mass is 9.99. The summed E-state index contributed by atoms with van der Waals surface area (Å²) in [4.78, 5) is 6.93. The first-order chi connectivity index (χ1) is 14.6. The molecule has 1 aromatic carbocycles. The molecule has 1 fully saturated rings. The molecule has 0 unspecified atom stereocenters. The van der Waals surface area contributed by atoms with E-state index in [2.05, 4.69) is 76.8 Å². The molecule has 1 aliphatic rings. The fourth-order valence-electron chi connectivity index (χ4n) is 4.13. The SMILES string of the molecule is CCC(CC)c1cc(CNC(=NC)NC2CCN(Cc3ccccc3C)CC2)on1.I. The molecule has 1 saturated heterocycles. The zero-order valence-electron chi connectivity index (χ0n) is 19.4. The minimum Gasteiger partial charge on any atom is -0.359 e. The highest BCUT2D eigenvalue weighted by Gasteiger charge is 2.20. The van der Waals surface area contributed by atoms with Crippen LogP contribution < -0.4 is 10.6 Å². The second kappa shape index (κ2) is 13.1. The molecule has 172 valence electrons. The number of nitrogens with one attached hydrogen (secondary N) is 2. The van der Waals surface area contributed by atoms with Crippen molar-refractivity contribution in [2.24, 2.45) is 4.99 Å². The molecule has 0 saturated carbocycles. The number of aliphatic imine (C=N–C) groups is 1. The molecule has 0 amide bonds. The van der Waals surface area contributed by atoms with Crippen molar-refractivity contribution in [1.82, 2.24) is 20.7 Å². The van der Waals surface area contributed by atoms with Crippen LogP contribution in [0.2, 0.25) is 0 Å². The van der Waals surface area contributed by atoms with Crippen molar-refractivity contribution in [3.8, 4) is 0 Å². The van der Waals surface area contributed by atoms with Crippen LogP contribution in [-0.4, -0.2) is 42.2 Å². The van der Waals surface area contributed by atoms with Crippen LogP contribution in [-0.2, 0) is 13.1 Å². The number of nitrogens with zero attached hydrogens (tertiary/aromatic N) is 3. The number of piperidine rings is 1. The van der Waals surface area contributed by atoms with E-state index in [1.807, 2.05) is 7.05 Å². The van der Waals surface area contributed by atoms with E-state index in [9.17, 15) is 0 Å². The number of hydrogen-bond acceptors (Lipinski definition) is 4. The molecule has 7 heteroatoms. The first-order valence-electron chi connectivity index (χ1n) is 11.3. The normalized spacial score (nSPS) is 15.7. The summed E-state index contributed by atoms with van der Waals surface area (Å²) in [5.41, 5.74) is 3.86. The highest BCUT2D eigenvalue weighted by Crippen LogP contribution is 2.22. The Balaban J connectivity index is 0.00000341. The van der Waals surface area contributed by atoms with Gasteiger partial charge in [0.1, 0.15) is 0 Å². The van der Waals surface area contributed by atoms with Crippen LogP contribution in [0.3, 0.4) is 0 Å². The predicted octanol–water partition coefficient (Wildman–Crippen LogP) is 4.83. The van der Waals surface area contributed by atoms with E-state index < -0.39 is 0 Å². The Morgan fingerprint density at radius 2 is 1.94 bits per heavy atom. The Hall–Kier alpha value is -1.61. The number of halogens is 1. The molecule has 2 N–H and O–H groups in total. The maximum Gasteiger partial charge on any atom is 0.191 e. The Bertz CT molecular complexity index is 810. The van der Waals surface area contributed by atoms with Gasteiger partial charge in [0.2, 0.25) is 0 Å². The molecular weight excluding hydrogens is 501 g/mol. The number of aromatic nitrogens is 1. The van der Waals surface area contributed by atoms with Gasteiger partial charge in [-0.15, -0.1) is 24.0 Å². The number of rotatable bonds is 8. The van der Waals surface area contributed by atoms with Gasteiger partial charge >= 0.3 is 0 Å². The molecule has 3 rings (SSSR count). The summed E-state index contributed by atoms with van der Waals surface area (Å²) in [7, 11) is 1.82. The van der Waals surface area contributed by atoms with Crippen molar-refractivity contribution >= 4 is 29.9 Å².